The van der Waals surface area contributed by atoms with Crippen molar-refractivity contribution >= 4 is 0 Å². The summed E-state index contributed by atoms with van der Waals surface area (Å²) in [4.78, 5) is 0. The number of rotatable bonds is 8. The molecule has 0 aromatic heterocycles. The Balaban J connectivity index is 2.72. The summed E-state index contributed by atoms with van der Waals surface area (Å²) in [6, 6.07) is 2.69. The highest BCUT2D eigenvalue weighted by Gasteiger charge is 2.34. The Morgan fingerprint density at radius 3 is 2.48 bits per heavy atom. The third-order valence-electron chi connectivity index (χ3n) is 3.03. The van der Waals surface area contributed by atoms with Crippen molar-refractivity contribution in [3.05, 3.63) is 35.1 Å². The van der Waals surface area contributed by atoms with E-state index >= 15 is 0 Å². The van der Waals surface area contributed by atoms with E-state index < -0.39 is 17.6 Å². The van der Waals surface area contributed by atoms with E-state index in [0.717, 1.165) is 12.1 Å². The first-order valence-corrected chi connectivity index (χ1v) is 6.50. The first-order chi connectivity index (χ1) is 9.90. The fourth-order valence-electron chi connectivity index (χ4n) is 1.90. The second-order valence-electron chi connectivity index (χ2n) is 4.47. The maximum atomic E-state index is 13.2. The number of ether oxygens (including phenoxy) is 2. The van der Waals surface area contributed by atoms with Crippen molar-refractivity contribution in [3.63, 3.8) is 0 Å². The van der Waals surface area contributed by atoms with Crippen LogP contribution in [-0.2, 0) is 15.7 Å². The van der Waals surface area contributed by atoms with Crippen LogP contribution in [0.3, 0.4) is 0 Å². The molecule has 1 unspecified atom stereocenters. The standard InChI is InChI=1S/C14H19F4NO2/c1-19-13(5-6-21-8-7-20-2)10-3-4-12(15)11(9-10)14(16,17)18/h3-4,9,13,19H,5-8H2,1-2H3. The predicted molar refractivity (Wildman–Crippen MR) is 70.5 cm³/mol. The molecule has 0 bridgehead atoms. The quantitative estimate of drug-likeness (QED) is 0.591. The van der Waals surface area contributed by atoms with E-state index in [2.05, 4.69) is 5.32 Å². The number of halogens is 4. The van der Waals surface area contributed by atoms with E-state index in [1.54, 1.807) is 14.2 Å². The van der Waals surface area contributed by atoms with Crippen molar-refractivity contribution < 1.29 is 27.0 Å². The Morgan fingerprint density at radius 2 is 1.90 bits per heavy atom. The van der Waals surface area contributed by atoms with E-state index in [9.17, 15) is 17.6 Å². The third-order valence-corrected chi connectivity index (χ3v) is 3.03. The molecule has 0 saturated heterocycles. The molecule has 1 atom stereocenters. The second kappa shape index (κ2) is 8.31. The molecule has 0 saturated carbocycles. The lowest BCUT2D eigenvalue weighted by Crippen LogP contribution is -2.20. The summed E-state index contributed by atoms with van der Waals surface area (Å²) in [6.45, 7) is 1.25. The zero-order valence-electron chi connectivity index (χ0n) is 12.0. The molecule has 1 rings (SSSR count). The Bertz CT molecular complexity index is 437. The molecule has 0 heterocycles. The summed E-state index contributed by atoms with van der Waals surface area (Å²) in [7, 11) is 3.19. The average Bonchev–Trinajstić information content (AvgIpc) is 2.42. The Kier molecular flexibility index (Phi) is 7.07. The topological polar surface area (TPSA) is 30.5 Å². The van der Waals surface area contributed by atoms with Gasteiger partial charge in [0.05, 0.1) is 18.8 Å². The molecular weight excluding hydrogens is 290 g/mol. The molecule has 1 N–H and O–H groups in total. The lowest BCUT2D eigenvalue weighted by molar-refractivity contribution is -0.140. The minimum Gasteiger partial charge on any atom is -0.382 e. The van der Waals surface area contributed by atoms with Gasteiger partial charge in [0, 0.05) is 19.8 Å². The normalized spacial score (nSPS) is 13.4. The number of methoxy groups -OCH3 is 1. The first-order valence-electron chi connectivity index (χ1n) is 6.50. The summed E-state index contributed by atoms with van der Waals surface area (Å²) in [5.74, 6) is -1.27. The first kappa shape index (κ1) is 17.9. The van der Waals surface area contributed by atoms with Gasteiger partial charge in [0.15, 0.2) is 0 Å². The smallest absolute Gasteiger partial charge is 0.382 e. The van der Waals surface area contributed by atoms with E-state index in [4.69, 9.17) is 9.47 Å². The van der Waals surface area contributed by atoms with Gasteiger partial charge in [0.2, 0.25) is 0 Å². The van der Waals surface area contributed by atoms with Crippen LogP contribution in [0.15, 0.2) is 18.2 Å². The van der Waals surface area contributed by atoms with Gasteiger partial charge in [-0.15, -0.1) is 0 Å². The molecule has 0 aliphatic carbocycles. The highest BCUT2D eigenvalue weighted by molar-refractivity contribution is 5.29. The number of nitrogens with one attached hydrogen (secondary N) is 1. The Hall–Kier alpha value is -1.18. The van der Waals surface area contributed by atoms with Crippen LogP contribution in [0.4, 0.5) is 17.6 Å². The maximum absolute atomic E-state index is 13.2. The van der Waals surface area contributed by atoms with Crippen molar-refractivity contribution in [3.8, 4) is 0 Å². The minimum atomic E-state index is -4.70. The SMILES string of the molecule is CNC(CCOCCOC)c1ccc(F)c(C(F)(F)F)c1. The van der Waals surface area contributed by atoms with Gasteiger partial charge in [0.1, 0.15) is 5.82 Å². The van der Waals surface area contributed by atoms with Gasteiger partial charge < -0.3 is 14.8 Å². The van der Waals surface area contributed by atoms with E-state index in [0.29, 0.717) is 31.8 Å². The molecule has 0 fully saturated rings. The van der Waals surface area contributed by atoms with Crippen molar-refractivity contribution in [2.75, 3.05) is 34.0 Å². The molecule has 0 aliphatic heterocycles. The molecule has 0 aliphatic rings. The van der Waals surface area contributed by atoms with Crippen LogP contribution in [-0.4, -0.2) is 34.0 Å². The summed E-state index contributed by atoms with van der Waals surface area (Å²) in [6.07, 6.45) is -4.23. The molecule has 7 heteroatoms. The van der Waals surface area contributed by atoms with Gasteiger partial charge in [0.25, 0.3) is 0 Å². The number of benzene rings is 1. The molecule has 0 amide bonds. The van der Waals surface area contributed by atoms with Crippen molar-refractivity contribution in [1.29, 1.82) is 0 Å². The molecular formula is C14H19F4NO2. The lowest BCUT2D eigenvalue weighted by atomic mass is 10.0. The van der Waals surface area contributed by atoms with Crippen LogP contribution >= 0.6 is 0 Å². The number of alkyl halides is 3. The van der Waals surface area contributed by atoms with E-state index in [1.807, 2.05) is 0 Å². The largest absolute Gasteiger partial charge is 0.419 e. The summed E-state index contributed by atoms with van der Waals surface area (Å²) >= 11 is 0. The fraction of sp³-hybridized carbons (Fsp3) is 0.571. The summed E-state index contributed by atoms with van der Waals surface area (Å²) in [5, 5.41) is 2.91. The van der Waals surface area contributed by atoms with Crippen molar-refractivity contribution in [1.82, 2.24) is 5.32 Å². The number of hydrogen-bond acceptors (Lipinski definition) is 3. The van der Waals surface area contributed by atoms with E-state index in [-0.39, 0.29) is 6.04 Å². The maximum Gasteiger partial charge on any atom is 0.419 e. The van der Waals surface area contributed by atoms with E-state index in [1.165, 1.54) is 6.07 Å². The zero-order valence-corrected chi connectivity index (χ0v) is 12.0. The van der Waals surface area contributed by atoms with Gasteiger partial charge >= 0.3 is 6.18 Å². The zero-order chi connectivity index (χ0) is 15.9. The monoisotopic (exact) mass is 309 g/mol. The predicted octanol–water partition coefficient (Wildman–Crippen LogP) is 3.16. The molecule has 120 valence electrons. The molecule has 1 aromatic carbocycles. The van der Waals surface area contributed by atoms with Gasteiger partial charge in [-0.2, -0.15) is 13.2 Å². The van der Waals surface area contributed by atoms with Crippen LogP contribution in [0, 0.1) is 5.82 Å². The average molecular weight is 309 g/mol. The Morgan fingerprint density at radius 1 is 1.19 bits per heavy atom. The molecule has 0 spiro atoms. The summed E-state index contributed by atoms with van der Waals surface area (Å²) < 4.78 is 61.4. The van der Waals surface area contributed by atoms with Crippen LogP contribution in [0.2, 0.25) is 0 Å². The summed E-state index contributed by atoms with van der Waals surface area (Å²) in [5.41, 5.74) is -0.873. The van der Waals surface area contributed by atoms with Crippen LogP contribution in [0.25, 0.3) is 0 Å². The third kappa shape index (κ3) is 5.61. The highest BCUT2D eigenvalue weighted by atomic mass is 19.4. The second-order valence-corrected chi connectivity index (χ2v) is 4.47. The molecule has 3 nitrogen and oxygen atoms in total. The number of hydrogen-bond donors (Lipinski definition) is 1. The van der Waals surface area contributed by atoms with Gasteiger partial charge in [-0.25, -0.2) is 4.39 Å². The minimum absolute atomic E-state index is 0.339. The van der Waals surface area contributed by atoms with Gasteiger partial charge in [-0.05, 0) is 31.2 Å². The highest BCUT2D eigenvalue weighted by Crippen LogP contribution is 2.33. The van der Waals surface area contributed by atoms with Crippen LogP contribution < -0.4 is 5.32 Å². The van der Waals surface area contributed by atoms with Gasteiger partial charge in [-0.1, -0.05) is 6.07 Å². The van der Waals surface area contributed by atoms with Gasteiger partial charge in [-0.3, -0.25) is 0 Å². The Labute approximate surface area is 121 Å². The molecule has 0 radical (unpaired) electrons. The fourth-order valence-corrected chi connectivity index (χ4v) is 1.90. The lowest BCUT2D eigenvalue weighted by Gasteiger charge is -2.18. The molecule has 21 heavy (non-hydrogen) atoms. The van der Waals surface area contributed by atoms with Crippen LogP contribution in [0.1, 0.15) is 23.6 Å². The van der Waals surface area contributed by atoms with Crippen molar-refractivity contribution in [2.24, 2.45) is 0 Å². The van der Waals surface area contributed by atoms with Crippen LogP contribution in [0.5, 0.6) is 0 Å². The van der Waals surface area contributed by atoms with Crippen molar-refractivity contribution in [2.45, 2.75) is 18.6 Å². The molecule has 1 aromatic rings.